The van der Waals surface area contributed by atoms with Crippen molar-refractivity contribution >= 4 is 34.4 Å². The highest BCUT2D eigenvalue weighted by Gasteiger charge is 2.18. The van der Waals surface area contributed by atoms with Crippen LogP contribution in [-0.2, 0) is 22.5 Å². The topological polar surface area (TPSA) is 90.4 Å². The molecule has 0 atom stereocenters. The highest BCUT2D eigenvalue weighted by atomic mass is 35.5. The second kappa shape index (κ2) is 8.67. The lowest BCUT2D eigenvalue weighted by Crippen LogP contribution is -2.24. The van der Waals surface area contributed by atoms with Crippen LogP contribution in [0.3, 0.4) is 0 Å². The molecule has 144 valence electrons. The monoisotopic (exact) mass is 399 g/mol. The minimum atomic E-state index is -0.557. The molecule has 0 bridgehead atoms. The summed E-state index contributed by atoms with van der Waals surface area (Å²) in [4.78, 5) is 32.6. The van der Waals surface area contributed by atoms with Crippen molar-refractivity contribution < 1.29 is 19.1 Å². The van der Waals surface area contributed by atoms with Crippen molar-refractivity contribution in [2.24, 2.45) is 0 Å². The molecule has 0 fully saturated rings. The Morgan fingerprint density at radius 3 is 2.57 bits per heavy atom. The van der Waals surface area contributed by atoms with E-state index in [1.165, 1.54) is 14.2 Å². The molecule has 7 nitrogen and oxygen atoms in total. The number of aromatic nitrogens is 2. The summed E-state index contributed by atoms with van der Waals surface area (Å²) in [6, 6.07) is 8.60. The van der Waals surface area contributed by atoms with Gasteiger partial charge < -0.3 is 14.8 Å². The van der Waals surface area contributed by atoms with E-state index in [0.717, 1.165) is 5.56 Å². The van der Waals surface area contributed by atoms with Gasteiger partial charge in [-0.2, -0.15) is 0 Å². The number of carbonyl (C=O) groups excluding carboxylic acids is 2. The Morgan fingerprint density at radius 1 is 1.14 bits per heavy atom. The van der Waals surface area contributed by atoms with Crippen LogP contribution < -0.4 is 10.1 Å². The summed E-state index contributed by atoms with van der Waals surface area (Å²) in [6.07, 6.45) is 3.52. The van der Waals surface area contributed by atoms with Gasteiger partial charge in [-0.05, 0) is 41.5 Å². The van der Waals surface area contributed by atoms with Crippen LogP contribution in [0.5, 0.6) is 5.88 Å². The highest BCUT2D eigenvalue weighted by molar-refractivity contribution is 6.31. The van der Waals surface area contributed by atoms with Gasteiger partial charge >= 0.3 is 5.97 Å². The number of nitrogens with one attached hydrogen (secondary N) is 1. The Hall–Kier alpha value is -3.19. The largest absolute Gasteiger partial charge is 0.480 e. The molecule has 28 heavy (non-hydrogen) atoms. The van der Waals surface area contributed by atoms with Crippen LogP contribution in [0.2, 0.25) is 5.02 Å². The molecule has 0 aliphatic heterocycles. The van der Waals surface area contributed by atoms with E-state index in [0.29, 0.717) is 21.5 Å². The first-order chi connectivity index (χ1) is 13.5. The van der Waals surface area contributed by atoms with E-state index < -0.39 is 5.97 Å². The predicted octanol–water partition coefficient (Wildman–Crippen LogP) is 2.94. The maximum Gasteiger partial charge on any atom is 0.343 e. The number of amides is 1. The van der Waals surface area contributed by atoms with Crippen LogP contribution in [0.25, 0.3) is 10.9 Å². The van der Waals surface area contributed by atoms with Crippen molar-refractivity contribution in [3.05, 3.63) is 64.4 Å². The predicted molar refractivity (Wildman–Crippen MR) is 104 cm³/mol. The molecule has 2 heterocycles. The molecule has 2 aromatic heterocycles. The molecule has 8 heteroatoms. The number of carbonyl (C=O) groups is 2. The van der Waals surface area contributed by atoms with Crippen LogP contribution in [0.1, 0.15) is 21.5 Å². The number of rotatable bonds is 6. The van der Waals surface area contributed by atoms with Crippen molar-refractivity contribution in [1.29, 1.82) is 0 Å². The first-order valence-electron chi connectivity index (χ1n) is 8.43. The average Bonchev–Trinajstić information content (AvgIpc) is 2.71. The molecule has 0 saturated heterocycles. The fraction of sp³-hybridized carbons (Fsp3) is 0.200. The lowest BCUT2D eigenvalue weighted by Gasteiger charge is -2.12. The standard InChI is InChI=1S/C20H18ClN3O4/c1-27-19-16(20(26)28-2)10-13-8-15(21)9-14(18(13)24-19)11-23-17(25)7-12-3-5-22-6-4-12/h3-6,8-10H,7,11H2,1-2H3,(H,23,25). The molecule has 0 spiro atoms. The summed E-state index contributed by atoms with van der Waals surface area (Å²) in [5.74, 6) is -0.554. The lowest BCUT2D eigenvalue weighted by atomic mass is 10.1. The third-order valence-corrected chi connectivity index (χ3v) is 4.33. The Kier molecular flexibility index (Phi) is 6.06. The highest BCUT2D eigenvalue weighted by Crippen LogP contribution is 2.28. The third-order valence-electron chi connectivity index (χ3n) is 4.12. The minimum absolute atomic E-state index is 0.141. The van der Waals surface area contributed by atoms with Crippen molar-refractivity contribution in [1.82, 2.24) is 15.3 Å². The van der Waals surface area contributed by atoms with Crippen molar-refractivity contribution in [3.63, 3.8) is 0 Å². The van der Waals surface area contributed by atoms with Gasteiger partial charge in [0.1, 0.15) is 5.56 Å². The first-order valence-corrected chi connectivity index (χ1v) is 8.80. The van der Waals surface area contributed by atoms with Crippen LogP contribution in [0.4, 0.5) is 0 Å². The van der Waals surface area contributed by atoms with Gasteiger partial charge in [-0.25, -0.2) is 9.78 Å². The number of methoxy groups -OCH3 is 2. The number of pyridine rings is 2. The maximum atomic E-state index is 12.2. The summed E-state index contributed by atoms with van der Waals surface area (Å²) in [6.45, 7) is 0.231. The number of hydrogen-bond acceptors (Lipinski definition) is 6. The second-order valence-corrected chi connectivity index (χ2v) is 6.42. The van der Waals surface area contributed by atoms with Gasteiger partial charge in [0.25, 0.3) is 0 Å². The maximum absolute atomic E-state index is 12.2. The number of ether oxygens (including phenoxy) is 2. The Balaban J connectivity index is 1.88. The van der Waals surface area contributed by atoms with Crippen LogP contribution >= 0.6 is 11.6 Å². The van der Waals surface area contributed by atoms with E-state index in [4.69, 9.17) is 21.1 Å². The third kappa shape index (κ3) is 4.37. The van der Waals surface area contributed by atoms with Crippen LogP contribution in [0.15, 0.2) is 42.7 Å². The molecule has 1 amide bonds. The molecule has 3 rings (SSSR count). The molecule has 0 saturated carbocycles. The number of fused-ring (bicyclic) bond motifs is 1. The van der Waals surface area contributed by atoms with Crippen LogP contribution in [0, 0.1) is 0 Å². The van der Waals surface area contributed by atoms with Gasteiger partial charge in [0, 0.05) is 29.3 Å². The number of esters is 1. The normalized spacial score (nSPS) is 10.5. The molecule has 1 N–H and O–H groups in total. The summed E-state index contributed by atoms with van der Waals surface area (Å²) in [5, 5.41) is 3.97. The molecule has 0 radical (unpaired) electrons. The molecule has 3 aromatic rings. The summed E-state index contributed by atoms with van der Waals surface area (Å²) in [5.41, 5.74) is 2.36. The van der Waals surface area contributed by atoms with E-state index in [-0.39, 0.29) is 30.3 Å². The van der Waals surface area contributed by atoms with Crippen molar-refractivity contribution in [3.8, 4) is 5.88 Å². The Bertz CT molecular complexity index is 1020. The number of hydrogen-bond donors (Lipinski definition) is 1. The van der Waals surface area contributed by atoms with E-state index in [9.17, 15) is 9.59 Å². The lowest BCUT2D eigenvalue weighted by molar-refractivity contribution is -0.120. The van der Waals surface area contributed by atoms with E-state index in [1.54, 1.807) is 42.7 Å². The molecule has 1 aromatic carbocycles. The fourth-order valence-electron chi connectivity index (χ4n) is 2.79. The Labute approximate surface area is 166 Å². The average molecular weight is 400 g/mol. The fourth-order valence-corrected chi connectivity index (χ4v) is 3.04. The van der Waals surface area contributed by atoms with E-state index >= 15 is 0 Å². The Morgan fingerprint density at radius 2 is 1.89 bits per heavy atom. The zero-order valence-electron chi connectivity index (χ0n) is 15.4. The van der Waals surface area contributed by atoms with Crippen LogP contribution in [-0.4, -0.2) is 36.1 Å². The van der Waals surface area contributed by atoms with Gasteiger partial charge in [-0.1, -0.05) is 11.6 Å². The molecular formula is C20H18ClN3O4. The van der Waals surface area contributed by atoms with Gasteiger partial charge in [0.05, 0.1) is 26.2 Å². The quantitative estimate of drug-likeness (QED) is 0.641. The first kappa shape index (κ1) is 19.6. The van der Waals surface area contributed by atoms with Gasteiger partial charge in [0.2, 0.25) is 11.8 Å². The van der Waals surface area contributed by atoms with Crippen molar-refractivity contribution in [2.75, 3.05) is 14.2 Å². The van der Waals surface area contributed by atoms with E-state index in [1.807, 2.05) is 0 Å². The van der Waals surface area contributed by atoms with E-state index in [2.05, 4.69) is 15.3 Å². The zero-order chi connectivity index (χ0) is 20.1. The van der Waals surface area contributed by atoms with Crippen molar-refractivity contribution in [2.45, 2.75) is 13.0 Å². The summed E-state index contributed by atoms with van der Waals surface area (Å²) < 4.78 is 10.00. The molecular weight excluding hydrogens is 382 g/mol. The zero-order valence-corrected chi connectivity index (χ0v) is 16.1. The summed E-state index contributed by atoms with van der Waals surface area (Å²) in [7, 11) is 2.71. The van der Waals surface area contributed by atoms with Gasteiger partial charge in [-0.15, -0.1) is 0 Å². The second-order valence-electron chi connectivity index (χ2n) is 5.98. The molecule has 0 unspecified atom stereocenters. The SMILES string of the molecule is COC(=O)c1cc2cc(Cl)cc(CNC(=O)Cc3ccncc3)c2nc1OC. The minimum Gasteiger partial charge on any atom is -0.480 e. The molecule has 0 aliphatic rings. The number of benzene rings is 1. The number of nitrogens with zero attached hydrogens (tertiary/aromatic N) is 2. The summed E-state index contributed by atoms with van der Waals surface area (Å²) >= 11 is 6.21. The van der Waals surface area contributed by atoms with Gasteiger partial charge in [0.15, 0.2) is 0 Å². The smallest absolute Gasteiger partial charge is 0.343 e. The number of halogens is 1. The molecule has 0 aliphatic carbocycles. The van der Waals surface area contributed by atoms with Gasteiger partial charge in [-0.3, -0.25) is 9.78 Å².